The quantitative estimate of drug-likeness (QED) is 0.398. The Morgan fingerprint density at radius 1 is 1.11 bits per heavy atom. The summed E-state index contributed by atoms with van der Waals surface area (Å²) in [5.74, 6) is -2.33. The lowest BCUT2D eigenvalue weighted by Crippen LogP contribution is -2.49. The number of nitrogens with zero attached hydrogens (tertiary/aromatic N) is 5. The van der Waals surface area contributed by atoms with E-state index in [4.69, 9.17) is 14.3 Å². The number of hydrogen-bond donors (Lipinski definition) is 1. The van der Waals surface area contributed by atoms with Crippen LogP contribution in [0.3, 0.4) is 0 Å². The fraction of sp³-hybridized carbons (Fsp3) is 0.280. The molecule has 9 nitrogen and oxygen atoms in total. The minimum atomic E-state index is -5.08. The summed E-state index contributed by atoms with van der Waals surface area (Å²) in [4.78, 5) is 25.7. The van der Waals surface area contributed by atoms with E-state index in [2.05, 4.69) is 15.2 Å². The van der Waals surface area contributed by atoms with Gasteiger partial charge in [-0.05, 0) is 42.9 Å². The number of fused-ring (bicyclic) bond motifs is 1. The van der Waals surface area contributed by atoms with Gasteiger partial charge in [0.05, 0.1) is 24.2 Å². The number of aliphatic carboxylic acids is 1. The zero-order valence-electron chi connectivity index (χ0n) is 20.1. The van der Waals surface area contributed by atoms with Crippen molar-refractivity contribution in [3.05, 3.63) is 78.3 Å². The van der Waals surface area contributed by atoms with Crippen LogP contribution in [0.25, 0.3) is 16.6 Å². The van der Waals surface area contributed by atoms with E-state index in [1.54, 1.807) is 22.9 Å². The van der Waals surface area contributed by atoms with Crippen LogP contribution in [0.2, 0.25) is 0 Å². The highest BCUT2D eigenvalue weighted by Crippen LogP contribution is 2.28. The van der Waals surface area contributed by atoms with Crippen molar-refractivity contribution in [2.24, 2.45) is 0 Å². The Morgan fingerprint density at radius 2 is 1.87 bits per heavy atom. The van der Waals surface area contributed by atoms with Crippen LogP contribution < -0.4 is 0 Å². The number of hydrogen-bond acceptors (Lipinski definition) is 6. The normalized spacial score (nSPS) is 16.2. The fourth-order valence-corrected chi connectivity index (χ4v) is 4.06. The molecule has 13 heteroatoms. The Morgan fingerprint density at radius 3 is 2.53 bits per heavy atom. The molecule has 3 aromatic heterocycles. The lowest BCUT2D eigenvalue weighted by molar-refractivity contribution is -0.192. The topological polar surface area (TPSA) is 104 Å². The molecular formula is C25H23F4N5O4. The number of pyridine rings is 1. The van der Waals surface area contributed by atoms with Crippen molar-refractivity contribution in [1.82, 2.24) is 24.6 Å². The van der Waals surface area contributed by atoms with Gasteiger partial charge in [-0.25, -0.2) is 13.7 Å². The summed E-state index contributed by atoms with van der Waals surface area (Å²) in [6, 6.07) is 13.9. The van der Waals surface area contributed by atoms with Crippen LogP contribution in [0.1, 0.15) is 17.5 Å². The Hall–Kier alpha value is -4.26. The number of furan rings is 1. The third-order valence-corrected chi connectivity index (χ3v) is 6.06. The van der Waals surface area contributed by atoms with Gasteiger partial charge in [-0.3, -0.25) is 9.69 Å². The molecule has 1 unspecified atom stereocenters. The second-order valence-electron chi connectivity index (χ2n) is 8.63. The molecule has 0 bridgehead atoms. The van der Waals surface area contributed by atoms with Crippen molar-refractivity contribution in [1.29, 1.82) is 0 Å². The number of benzene rings is 1. The average Bonchev–Trinajstić information content (AvgIpc) is 3.53. The summed E-state index contributed by atoms with van der Waals surface area (Å²) < 4.78 is 52.4. The molecule has 1 aliphatic rings. The largest absolute Gasteiger partial charge is 0.490 e. The van der Waals surface area contributed by atoms with Gasteiger partial charge in [0, 0.05) is 31.4 Å². The van der Waals surface area contributed by atoms with Gasteiger partial charge in [0.1, 0.15) is 17.3 Å². The summed E-state index contributed by atoms with van der Waals surface area (Å²) in [5, 5.41) is 15.9. The number of alkyl halides is 3. The molecular weight excluding hydrogens is 510 g/mol. The van der Waals surface area contributed by atoms with Gasteiger partial charge in [-0.1, -0.05) is 23.4 Å². The van der Waals surface area contributed by atoms with Gasteiger partial charge in [0.25, 0.3) is 0 Å². The lowest BCUT2D eigenvalue weighted by Gasteiger charge is -2.38. The van der Waals surface area contributed by atoms with Crippen molar-refractivity contribution in [2.75, 3.05) is 26.7 Å². The second-order valence-corrected chi connectivity index (χ2v) is 8.63. The van der Waals surface area contributed by atoms with Crippen LogP contribution in [0, 0.1) is 5.82 Å². The standard InChI is InChI=1S/C23H22FN5O2.C2HF3O2/c1-27-9-10-28(22(30)13-19-6-3-11-31-19)15-21(27)23-20-8-7-17(14-29(20)26-25-23)16-4-2-5-18(24)12-16;3-2(4,5)1(6)7/h2-8,11-12,14,21H,9-10,13,15H2,1H3;(H,6,7). The van der Waals surface area contributed by atoms with E-state index < -0.39 is 12.1 Å². The van der Waals surface area contributed by atoms with Crippen LogP contribution in [-0.2, 0) is 16.0 Å². The first kappa shape index (κ1) is 26.8. The van der Waals surface area contributed by atoms with E-state index in [0.29, 0.717) is 18.8 Å². The summed E-state index contributed by atoms with van der Waals surface area (Å²) >= 11 is 0. The fourth-order valence-electron chi connectivity index (χ4n) is 4.06. The number of carbonyl (C=O) groups excluding carboxylic acids is 1. The minimum absolute atomic E-state index is 0.0397. The molecule has 1 saturated heterocycles. The maximum atomic E-state index is 13.6. The molecule has 0 spiro atoms. The number of amides is 1. The number of piperazine rings is 1. The third kappa shape index (κ3) is 6.17. The molecule has 1 amide bonds. The van der Waals surface area contributed by atoms with Crippen LogP contribution in [0.4, 0.5) is 17.6 Å². The van der Waals surface area contributed by atoms with E-state index in [1.165, 1.54) is 12.1 Å². The highest BCUT2D eigenvalue weighted by atomic mass is 19.4. The van der Waals surface area contributed by atoms with E-state index in [0.717, 1.165) is 28.9 Å². The SMILES string of the molecule is CN1CCN(C(=O)Cc2ccco2)CC1c1nnn2cc(-c3cccc(F)c3)ccc12.O=C(O)C(F)(F)F. The van der Waals surface area contributed by atoms with Crippen LogP contribution >= 0.6 is 0 Å². The Balaban J connectivity index is 0.000000426. The molecule has 0 saturated carbocycles. The molecule has 1 N–H and O–H groups in total. The predicted molar refractivity (Wildman–Crippen MR) is 126 cm³/mol. The third-order valence-electron chi connectivity index (χ3n) is 6.06. The molecule has 200 valence electrons. The van der Waals surface area contributed by atoms with Crippen molar-refractivity contribution < 1.29 is 36.7 Å². The first-order valence-corrected chi connectivity index (χ1v) is 11.4. The zero-order chi connectivity index (χ0) is 27.4. The van der Waals surface area contributed by atoms with E-state index >= 15 is 0 Å². The predicted octanol–water partition coefficient (Wildman–Crippen LogP) is 3.82. The van der Waals surface area contributed by atoms with Crippen molar-refractivity contribution >= 4 is 17.4 Å². The van der Waals surface area contributed by atoms with Gasteiger partial charge in [-0.15, -0.1) is 5.10 Å². The van der Waals surface area contributed by atoms with Gasteiger partial charge in [0.15, 0.2) is 0 Å². The molecule has 0 radical (unpaired) electrons. The average molecular weight is 533 g/mol. The first-order valence-electron chi connectivity index (χ1n) is 11.4. The lowest BCUT2D eigenvalue weighted by atomic mass is 10.1. The molecule has 38 heavy (non-hydrogen) atoms. The van der Waals surface area contributed by atoms with Crippen LogP contribution in [0.5, 0.6) is 0 Å². The van der Waals surface area contributed by atoms with E-state index in [9.17, 15) is 22.4 Å². The molecule has 1 aliphatic heterocycles. The number of aromatic nitrogens is 3. The second kappa shape index (κ2) is 11.0. The highest BCUT2D eigenvalue weighted by molar-refractivity contribution is 5.78. The van der Waals surface area contributed by atoms with Crippen molar-refractivity contribution in [2.45, 2.75) is 18.6 Å². The summed E-state index contributed by atoms with van der Waals surface area (Å²) in [7, 11) is 2.03. The van der Waals surface area contributed by atoms with Gasteiger partial charge in [0.2, 0.25) is 5.91 Å². The number of carbonyl (C=O) groups is 2. The molecule has 5 rings (SSSR count). The molecule has 1 aromatic carbocycles. The Labute approximate surface area is 213 Å². The summed E-state index contributed by atoms with van der Waals surface area (Å²) in [5.41, 5.74) is 3.33. The first-order chi connectivity index (χ1) is 18.0. The number of carboxylic acids is 1. The number of halogens is 4. The van der Waals surface area contributed by atoms with Gasteiger partial charge < -0.3 is 14.4 Å². The summed E-state index contributed by atoms with van der Waals surface area (Å²) in [6.07, 6.45) is -1.40. The Bertz CT molecular complexity index is 1420. The summed E-state index contributed by atoms with van der Waals surface area (Å²) in [6.45, 7) is 1.94. The molecule has 4 heterocycles. The highest BCUT2D eigenvalue weighted by Gasteiger charge is 2.38. The Kier molecular flexibility index (Phi) is 7.76. The smallest absolute Gasteiger partial charge is 0.475 e. The van der Waals surface area contributed by atoms with Crippen LogP contribution in [-0.4, -0.2) is 74.5 Å². The van der Waals surface area contributed by atoms with Crippen molar-refractivity contribution in [3.8, 4) is 11.1 Å². The van der Waals surface area contributed by atoms with E-state index in [1.807, 2.05) is 42.4 Å². The van der Waals surface area contributed by atoms with Crippen molar-refractivity contribution in [3.63, 3.8) is 0 Å². The minimum Gasteiger partial charge on any atom is -0.475 e. The molecule has 0 aliphatic carbocycles. The maximum absolute atomic E-state index is 13.6. The zero-order valence-corrected chi connectivity index (χ0v) is 20.1. The monoisotopic (exact) mass is 533 g/mol. The maximum Gasteiger partial charge on any atom is 0.490 e. The number of rotatable bonds is 4. The molecule has 1 atom stereocenters. The molecule has 4 aromatic rings. The number of carboxylic acid groups (broad SMARTS) is 1. The molecule has 1 fully saturated rings. The van der Waals surface area contributed by atoms with Crippen LogP contribution in [0.15, 0.2) is 65.4 Å². The van der Waals surface area contributed by atoms with Gasteiger partial charge in [-0.2, -0.15) is 13.2 Å². The van der Waals surface area contributed by atoms with E-state index in [-0.39, 0.29) is 24.2 Å². The number of likely N-dealkylation sites (N-methyl/N-ethyl adjacent to an activating group) is 1. The van der Waals surface area contributed by atoms with Gasteiger partial charge >= 0.3 is 12.1 Å².